The summed E-state index contributed by atoms with van der Waals surface area (Å²) in [7, 11) is 1.59. The van der Waals surface area contributed by atoms with Gasteiger partial charge in [0.2, 0.25) is 0 Å². The first-order valence-corrected chi connectivity index (χ1v) is 7.17. The summed E-state index contributed by atoms with van der Waals surface area (Å²) < 4.78 is 5.32. The van der Waals surface area contributed by atoms with E-state index < -0.39 is 0 Å². The summed E-state index contributed by atoms with van der Waals surface area (Å²) in [6, 6.07) is 10.5. The lowest BCUT2D eigenvalue weighted by Gasteiger charge is -2.17. The summed E-state index contributed by atoms with van der Waals surface area (Å²) in [4.78, 5) is 0. The number of nitrogens with two attached hydrogens (primary N) is 1. The lowest BCUT2D eigenvalue weighted by molar-refractivity contribution is 0.405. The summed E-state index contributed by atoms with van der Waals surface area (Å²) in [6.07, 6.45) is 0.567. The molecule has 0 aliphatic heterocycles. The van der Waals surface area contributed by atoms with Gasteiger partial charge in [-0.05, 0) is 42.3 Å². The van der Waals surface area contributed by atoms with Crippen LogP contribution in [0.25, 0.3) is 0 Å². The average Bonchev–Trinajstić information content (AvgIpc) is 2.42. The van der Waals surface area contributed by atoms with Crippen LogP contribution in [0.5, 0.6) is 5.75 Å². The van der Waals surface area contributed by atoms with Crippen molar-refractivity contribution in [3.8, 4) is 5.75 Å². The standard InChI is InChI=1S/C15H14Cl3NO/c1-20-15-8-11(17)2-4-12(15)14(19)7-9-6-10(16)3-5-13(9)18/h2-6,8,14H,7,19H2,1H3. The maximum absolute atomic E-state index is 6.25. The molecule has 0 aromatic heterocycles. The Morgan fingerprint density at radius 3 is 2.40 bits per heavy atom. The van der Waals surface area contributed by atoms with E-state index in [0.29, 0.717) is 27.2 Å². The van der Waals surface area contributed by atoms with Crippen LogP contribution in [0.3, 0.4) is 0 Å². The molecule has 2 aromatic carbocycles. The predicted octanol–water partition coefficient (Wildman–Crippen LogP) is 4.90. The fraction of sp³-hybridized carbons (Fsp3) is 0.200. The second-order valence-corrected chi connectivity index (χ2v) is 5.71. The summed E-state index contributed by atoms with van der Waals surface area (Å²) in [5.41, 5.74) is 8.04. The molecule has 20 heavy (non-hydrogen) atoms. The number of hydrogen-bond donors (Lipinski definition) is 1. The van der Waals surface area contributed by atoms with Crippen molar-refractivity contribution in [1.82, 2.24) is 0 Å². The van der Waals surface area contributed by atoms with Gasteiger partial charge in [0.1, 0.15) is 5.75 Å². The van der Waals surface area contributed by atoms with E-state index >= 15 is 0 Å². The molecule has 0 bridgehead atoms. The van der Waals surface area contributed by atoms with Crippen LogP contribution in [0.4, 0.5) is 0 Å². The van der Waals surface area contributed by atoms with E-state index in [4.69, 9.17) is 45.3 Å². The van der Waals surface area contributed by atoms with Gasteiger partial charge in [-0.15, -0.1) is 0 Å². The molecule has 0 radical (unpaired) electrons. The molecule has 2 nitrogen and oxygen atoms in total. The second kappa shape index (κ2) is 6.68. The number of ether oxygens (including phenoxy) is 1. The minimum atomic E-state index is -0.252. The second-order valence-electron chi connectivity index (χ2n) is 4.43. The molecule has 0 aliphatic carbocycles. The van der Waals surface area contributed by atoms with Crippen molar-refractivity contribution in [3.05, 3.63) is 62.6 Å². The minimum absolute atomic E-state index is 0.252. The minimum Gasteiger partial charge on any atom is -0.496 e. The molecule has 0 saturated carbocycles. The normalized spacial score (nSPS) is 12.2. The molecule has 0 heterocycles. The van der Waals surface area contributed by atoms with E-state index in [2.05, 4.69) is 0 Å². The Morgan fingerprint density at radius 1 is 1.05 bits per heavy atom. The van der Waals surface area contributed by atoms with Gasteiger partial charge in [0, 0.05) is 26.7 Å². The van der Waals surface area contributed by atoms with Gasteiger partial charge in [-0.3, -0.25) is 0 Å². The molecule has 0 amide bonds. The average molecular weight is 331 g/mol. The van der Waals surface area contributed by atoms with Crippen molar-refractivity contribution in [2.24, 2.45) is 5.73 Å². The first-order valence-electron chi connectivity index (χ1n) is 6.04. The Hall–Kier alpha value is -0.930. The number of methoxy groups -OCH3 is 1. The van der Waals surface area contributed by atoms with E-state index in [-0.39, 0.29) is 6.04 Å². The van der Waals surface area contributed by atoms with Crippen LogP contribution in [0.1, 0.15) is 17.2 Å². The molecule has 1 atom stereocenters. The van der Waals surface area contributed by atoms with Gasteiger partial charge in [0.15, 0.2) is 0 Å². The van der Waals surface area contributed by atoms with E-state index in [1.165, 1.54) is 0 Å². The molecule has 2 aromatic rings. The van der Waals surface area contributed by atoms with Gasteiger partial charge >= 0.3 is 0 Å². The van der Waals surface area contributed by atoms with E-state index in [1.807, 2.05) is 12.1 Å². The van der Waals surface area contributed by atoms with Crippen LogP contribution in [-0.4, -0.2) is 7.11 Å². The molecule has 2 rings (SSSR count). The van der Waals surface area contributed by atoms with Gasteiger partial charge in [-0.2, -0.15) is 0 Å². The van der Waals surface area contributed by atoms with Gasteiger partial charge in [-0.1, -0.05) is 40.9 Å². The molecule has 5 heteroatoms. The van der Waals surface area contributed by atoms with Crippen molar-refractivity contribution in [1.29, 1.82) is 0 Å². The Balaban J connectivity index is 2.28. The summed E-state index contributed by atoms with van der Waals surface area (Å²) >= 11 is 18.1. The topological polar surface area (TPSA) is 35.2 Å². The summed E-state index contributed by atoms with van der Waals surface area (Å²) in [5.74, 6) is 0.670. The molecule has 1 unspecified atom stereocenters. The monoisotopic (exact) mass is 329 g/mol. The van der Waals surface area contributed by atoms with Gasteiger partial charge in [0.25, 0.3) is 0 Å². The van der Waals surface area contributed by atoms with Crippen LogP contribution < -0.4 is 10.5 Å². The van der Waals surface area contributed by atoms with E-state index in [9.17, 15) is 0 Å². The van der Waals surface area contributed by atoms with Gasteiger partial charge in [-0.25, -0.2) is 0 Å². The first-order chi connectivity index (χ1) is 9.51. The quantitative estimate of drug-likeness (QED) is 0.865. The third-order valence-electron chi connectivity index (χ3n) is 3.04. The van der Waals surface area contributed by atoms with Gasteiger partial charge in [0.05, 0.1) is 7.11 Å². The lowest BCUT2D eigenvalue weighted by Crippen LogP contribution is -2.14. The Bertz CT molecular complexity index is 616. The van der Waals surface area contributed by atoms with E-state index in [1.54, 1.807) is 31.4 Å². The molecule has 0 fully saturated rings. The molecule has 2 N–H and O–H groups in total. The highest BCUT2D eigenvalue weighted by Crippen LogP contribution is 2.31. The highest BCUT2D eigenvalue weighted by molar-refractivity contribution is 6.33. The third-order valence-corrected chi connectivity index (χ3v) is 3.88. The van der Waals surface area contributed by atoms with Crippen molar-refractivity contribution in [3.63, 3.8) is 0 Å². The van der Waals surface area contributed by atoms with Crippen LogP contribution >= 0.6 is 34.8 Å². The summed E-state index contributed by atoms with van der Waals surface area (Å²) in [5, 5.41) is 1.90. The zero-order valence-corrected chi connectivity index (χ0v) is 13.1. The maximum Gasteiger partial charge on any atom is 0.125 e. The van der Waals surface area contributed by atoms with Gasteiger partial charge < -0.3 is 10.5 Å². The largest absolute Gasteiger partial charge is 0.496 e. The molecular formula is C15H14Cl3NO. The van der Waals surface area contributed by atoms with Crippen molar-refractivity contribution < 1.29 is 4.74 Å². The van der Waals surface area contributed by atoms with Crippen molar-refractivity contribution in [2.75, 3.05) is 7.11 Å². The molecule has 0 spiro atoms. The molecule has 0 aliphatic rings. The van der Waals surface area contributed by atoms with Crippen molar-refractivity contribution >= 4 is 34.8 Å². The molecular weight excluding hydrogens is 317 g/mol. The van der Waals surface area contributed by atoms with Crippen LogP contribution in [0, 0.1) is 0 Å². The maximum atomic E-state index is 6.25. The Labute approximate surface area is 133 Å². The van der Waals surface area contributed by atoms with E-state index in [0.717, 1.165) is 11.1 Å². The summed E-state index contributed by atoms with van der Waals surface area (Å²) in [6.45, 7) is 0. The van der Waals surface area contributed by atoms with Crippen LogP contribution in [0.15, 0.2) is 36.4 Å². The van der Waals surface area contributed by atoms with Crippen LogP contribution in [-0.2, 0) is 6.42 Å². The number of benzene rings is 2. The molecule has 0 saturated heterocycles. The fourth-order valence-corrected chi connectivity index (χ4v) is 2.59. The zero-order valence-electron chi connectivity index (χ0n) is 10.9. The van der Waals surface area contributed by atoms with Crippen LogP contribution in [0.2, 0.25) is 15.1 Å². The number of halogens is 3. The highest BCUT2D eigenvalue weighted by Gasteiger charge is 2.15. The number of rotatable bonds is 4. The smallest absolute Gasteiger partial charge is 0.125 e. The zero-order chi connectivity index (χ0) is 14.7. The SMILES string of the molecule is COc1cc(Cl)ccc1C(N)Cc1cc(Cl)ccc1Cl. The lowest BCUT2D eigenvalue weighted by atomic mass is 9.99. The first kappa shape index (κ1) is 15.5. The molecule has 106 valence electrons. The number of hydrogen-bond acceptors (Lipinski definition) is 2. The Kier molecular flexibility index (Phi) is 5.17. The Morgan fingerprint density at radius 2 is 1.70 bits per heavy atom. The predicted molar refractivity (Wildman–Crippen MR) is 85.1 cm³/mol. The van der Waals surface area contributed by atoms with Crippen molar-refractivity contribution in [2.45, 2.75) is 12.5 Å². The fourth-order valence-electron chi connectivity index (χ4n) is 2.04. The third kappa shape index (κ3) is 3.58. The highest BCUT2D eigenvalue weighted by atomic mass is 35.5.